The van der Waals surface area contributed by atoms with Crippen molar-refractivity contribution in [2.45, 2.75) is 99.2 Å². The van der Waals surface area contributed by atoms with E-state index < -0.39 is 23.2 Å². The van der Waals surface area contributed by atoms with Gasteiger partial charge in [0.1, 0.15) is 0 Å². The van der Waals surface area contributed by atoms with Crippen LogP contribution in [0.25, 0.3) is 0 Å². The van der Waals surface area contributed by atoms with E-state index in [2.05, 4.69) is 90.2 Å². The summed E-state index contributed by atoms with van der Waals surface area (Å²) in [5, 5.41) is 0. The van der Waals surface area contributed by atoms with Gasteiger partial charge >= 0.3 is 182 Å². The van der Waals surface area contributed by atoms with E-state index in [1.54, 1.807) is 0 Å². The zero-order valence-electron chi connectivity index (χ0n) is 19.5. The molecule has 0 bridgehead atoms. The van der Waals surface area contributed by atoms with Gasteiger partial charge in [-0.05, 0) is 0 Å². The minimum absolute atomic E-state index is 0. The zero-order valence-corrected chi connectivity index (χ0v) is 23.5. The molecule has 164 valence electrons. The fourth-order valence-corrected chi connectivity index (χ4v) is 13.3. The van der Waals surface area contributed by atoms with E-state index in [1.165, 1.54) is 51.4 Å². The topological polar surface area (TPSA) is 0 Å². The Balaban J connectivity index is 0.00000392. The molecule has 0 nitrogen and oxygen atoms in total. The summed E-state index contributed by atoms with van der Waals surface area (Å²) in [7, 11) is 0. The molecule has 0 N–H and O–H groups in total. The van der Waals surface area contributed by atoms with E-state index in [4.69, 9.17) is 0 Å². The van der Waals surface area contributed by atoms with Gasteiger partial charge in [0.05, 0.1) is 0 Å². The Morgan fingerprint density at radius 2 is 0.828 bits per heavy atom. The molecule has 0 aromatic rings. The van der Waals surface area contributed by atoms with Crippen LogP contribution in [-0.4, -0.2) is 0 Å². The molecule has 29 heavy (non-hydrogen) atoms. The maximum absolute atomic E-state index is 2.64. The van der Waals surface area contributed by atoms with Crippen molar-refractivity contribution in [3.05, 3.63) is 48.6 Å². The van der Waals surface area contributed by atoms with E-state index in [9.17, 15) is 0 Å². The predicted octanol–water partition coefficient (Wildman–Crippen LogP) is 2.86. The average Bonchev–Trinajstić information content (AvgIpc) is 3.36. The molecule has 0 amide bonds. The second-order valence-electron chi connectivity index (χ2n) is 8.77. The summed E-state index contributed by atoms with van der Waals surface area (Å²) < 4.78 is 0.691. The minimum atomic E-state index is -0.874. The van der Waals surface area contributed by atoms with E-state index in [0.29, 0.717) is 17.1 Å². The molecule has 3 heteroatoms. The number of allylic oxidation sites excluding steroid dienone is 8. The van der Waals surface area contributed by atoms with Crippen LogP contribution in [0.2, 0.25) is 6.25 Å². The van der Waals surface area contributed by atoms with Gasteiger partial charge in [0.15, 0.2) is 0 Å². The van der Waals surface area contributed by atoms with Gasteiger partial charge in [0.25, 0.3) is 0 Å². The SMILES string of the molecule is CCCC(CC)(CC)[C]1([Zr+2][C]2(C(CC)(CC)CCC)C=CC=C2)C=CC=C1.[Cl-].[Cl-]. The molecular formula is C26H42Cl2Zr. The van der Waals surface area contributed by atoms with Gasteiger partial charge in [0.2, 0.25) is 0 Å². The summed E-state index contributed by atoms with van der Waals surface area (Å²) in [6, 6.07) is 0. The van der Waals surface area contributed by atoms with Crippen molar-refractivity contribution in [2.24, 2.45) is 10.8 Å². The molecule has 2 aliphatic rings. The molecule has 0 aromatic heterocycles. The fraction of sp³-hybridized carbons (Fsp3) is 0.692. The molecule has 0 atom stereocenters. The molecule has 0 spiro atoms. The largest absolute Gasteiger partial charge is 1.00 e. The molecular weight excluding hydrogens is 474 g/mol. The second-order valence-corrected chi connectivity index (χ2v) is 13.5. The molecule has 0 aliphatic heterocycles. The summed E-state index contributed by atoms with van der Waals surface area (Å²) in [4.78, 5) is 0. The smallest absolute Gasteiger partial charge is 1.00 e. The van der Waals surface area contributed by atoms with Crippen molar-refractivity contribution >= 4 is 0 Å². The maximum atomic E-state index is 2.64. The van der Waals surface area contributed by atoms with Crippen molar-refractivity contribution in [3.63, 3.8) is 0 Å². The van der Waals surface area contributed by atoms with Crippen molar-refractivity contribution in [1.29, 1.82) is 0 Å². The standard InChI is InChI=1S/2C13H21.2ClH.Zr/c2*1-4-11-13(5-2,6-3)12-9-7-8-10-12;;;/h2*7-10H,4-6,11H2,1-3H3;2*1H;/q;;;;+2/p-2. The van der Waals surface area contributed by atoms with Gasteiger partial charge in [-0.25, -0.2) is 0 Å². The summed E-state index contributed by atoms with van der Waals surface area (Å²) in [5.41, 5.74) is 0.877. The molecule has 2 aliphatic carbocycles. The minimum Gasteiger partial charge on any atom is -1.00 e. The molecule has 0 fully saturated rings. The molecule has 0 saturated carbocycles. The van der Waals surface area contributed by atoms with Crippen molar-refractivity contribution in [3.8, 4) is 0 Å². The van der Waals surface area contributed by atoms with Crippen LogP contribution in [0.3, 0.4) is 0 Å². The third-order valence-electron chi connectivity index (χ3n) is 7.99. The van der Waals surface area contributed by atoms with E-state index in [1.807, 2.05) is 0 Å². The number of halogens is 2. The average molecular weight is 517 g/mol. The van der Waals surface area contributed by atoms with Gasteiger partial charge in [-0.3, -0.25) is 0 Å². The van der Waals surface area contributed by atoms with Crippen LogP contribution in [0, 0.1) is 10.8 Å². The summed E-state index contributed by atoms with van der Waals surface area (Å²) >= 11 is -0.874. The van der Waals surface area contributed by atoms with Gasteiger partial charge in [-0.15, -0.1) is 0 Å². The fourth-order valence-electron chi connectivity index (χ4n) is 6.17. The van der Waals surface area contributed by atoms with Crippen LogP contribution in [0.1, 0.15) is 92.9 Å². The first-order valence-corrected chi connectivity index (χ1v) is 14.0. The Morgan fingerprint density at radius 3 is 1.03 bits per heavy atom. The monoisotopic (exact) mass is 514 g/mol. The summed E-state index contributed by atoms with van der Waals surface area (Å²) in [6.45, 7) is 14.6. The van der Waals surface area contributed by atoms with Crippen LogP contribution in [0.15, 0.2) is 48.6 Å². The predicted molar refractivity (Wildman–Crippen MR) is 118 cm³/mol. The molecule has 0 radical (unpaired) electrons. The van der Waals surface area contributed by atoms with Crippen LogP contribution in [0.5, 0.6) is 0 Å². The van der Waals surface area contributed by atoms with Gasteiger partial charge in [0, 0.05) is 0 Å². The Morgan fingerprint density at radius 1 is 0.552 bits per heavy atom. The summed E-state index contributed by atoms with van der Waals surface area (Å²) in [6.07, 6.45) is 30.6. The van der Waals surface area contributed by atoms with Crippen LogP contribution < -0.4 is 24.8 Å². The Bertz CT molecular complexity index is 516. The van der Waals surface area contributed by atoms with Crippen LogP contribution >= 0.6 is 0 Å². The van der Waals surface area contributed by atoms with Crippen molar-refractivity contribution in [2.75, 3.05) is 0 Å². The third-order valence-corrected chi connectivity index (χ3v) is 14.3. The molecule has 2 rings (SSSR count). The van der Waals surface area contributed by atoms with Crippen LogP contribution in [-0.2, 0) is 23.2 Å². The Hall–Kier alpha value is 0.423. The van der Waals surface area contributed by atoms with Gasteiger partial charge in [-0.1, -0.05) is 0 Å². The Labute approximate surface area is 205 Å². The van der Waals surface area contributed by atoms with E-state index in [-0.39, 0.29) is 24.8 Å². The first-order valence-electron chi connectivity index (χ1n) is 11.5. The van der Waals surface area contributed by atoms with Gasteiger partial charge in [-0.2, -0.15) is 0 Å². The first-order chi connectivity index (χ1) is 13.0. The van der Waals surface area contributed by atoms with Crippen molar-refractivity contribution < 1.29 is 48.0 Å². The molecule has 0 aromatic carbocycles. The third kappa shape index (κ3) is 5.09. The normalized spacial score (nSPS) is 18.4. The summed E-state index contributed by atoms with van der Waals surface area (Å²) in [5.74, 6) is 0. The maximum Gasteiger partial charge on any atom is -1.00 e. The number of rotatable bonds is 12. The number of hydrogen-bond donors (Lipinski definition) is 0. The van der Waals surface area contributed by atoms with Crippen molar-refractivity contribution in [1.82, 2.24) is 0 Å². The molecule has 0 unspecified atom stereocenters. The molecule has 0 heterocycles. The molecule has 0 saturated heterocycles. The zero-order chi connectivity index (χ0) is 20.0. The second kappa shape index (κ2) is 12.5. The van der Waals surface area contributed by atoms with E-state index in [0.717, 1.165) is 0 Å². The quantitative estimate of drug-likeness (QED) is 0.374. The van der Waals surface area contributed by atoms with E-state index >= 15 is 0 Å². The first kappa shape index (κ1) is 29.4. The van der Waals surface area contributed by atoms with Gasteiger partial charge < -0.3 is 24.8 Å². The number of hydrogen-bond acceptors (Lipinski definition) is 0. The van der Waals surface area contributed by atoms with Crippen LogP contribution in [0.4, 0.5) is 0 Å². The Kier molecular flexibility index (Phi) is 12.6.